The quantitative estimate of drug-likeness (QED) is 0.529. The average Bonchev–Trinajstić information content (AvgIpc) is 3.33. The molecule has 136 valence electrons. The van der Waals surface area contributed by atoms with Gasteiger partial charge in [-0.05, 0) is 23.3 Å². The van der Waals surface area contributed by atoms with Gasteiger partial charge in [-0.25, -0.2) is 10.9 Å². The van der Waals surface area contributed by atoms with Gasteiger partial charge in [-0.3, -0.25) is 14.7 Å². The van der Waals surface area contributed by atoms with E-state index in [0.29, 0.717) is 13.1 Å². The number of benzene rings is 1. The van der Waals surface area contributed by atoms with Gasteiger partial charge in [0.25, 0.3) is 0 Å². The molecule has 8 heteroatoms. The first-order chi connectivity index (χ1) is 12.7. The van der Waals surface area contributed by atoms with Crippen molar-refractivity contribution in [3.05, 3.63) is 65.5 Å². The molecular weight excluding hydrogens is 332 g/mol. The summed E-state index contributed by atoms with van der Waals surface area (Å²) in [6.07, 6.45) is 1.74. The molecule has 2 aliphatic heterocycles. The van der Waals surface area contributed by atoms with Crippen molar-refractivity contribution in [3.8, 4) is 0 Å². The van der Waals surface area contributed by atoms with Crippen LogP contribution < -0.4 is 21.9 Å². The number of aliphatic carboxylic acids is 1. The van der Waals surface area contributed by atoms with Crippen LogP contribution in [0.15, 0.2) is 48.7 Å². The molecule has 0 unspecified atom stereocenters. The van der Waals surface area contributed by atoms with E-state index in [4.69, 9.17) is 0 Å². The molecule has 2 atom stereocenters. The van der Waals surface area contributed by atoms with E-state index in [1.165, 1.54) is 5.56 Å². The Bertz CT molecular complexity index is 748. The Hall–Kier alpha value is -2.36. The number of pyridine rings is 1. The molecule has 26 heavy (non-hydrogen) atoms. The summed E-state index contributed by atoms with van der Waals surface area (Å²) in [6, 6.07) is 14.0. The number of hydrogen-bond donors (Lipinski definition) is 5. The lowest BCUT2D eigenvalue weighted by molar-refractivity contribution is -0.141. The summed E-state index contributed by atoms with van der Waals surface area (Å²) >= 11 is 0. The number of hydrazine groups is 3. The Morgan fingerprint density at radius 2 is 1.88 bits per heavy atom. The van der Waals surface area contributed by atoms with E-state index < -0.39 is 11.9 Å². The highest BCUT2D eigenvalue weighted by molar-refractivity contribution is 5.72. The topological polar surface area (TPSA) is 102 Å². The highest BCUT2D eigenvalue weighted by Gasteiger charge is 2.39. The first-order valence-corrected chi connectivity index (χ1v) is 8.67. The lowest BCUT2D eigenvalue weighted by atomic mass is 9.93. The molecule has 1 aromatic heterocycles. The van der Waals surface area contributed by atoms with Crippen molar-refractivity contribution in [2.24, 2.45) is 5.92 Å². The third-order valence-corrected chi connectivity index (χ3v) is 5.00. The van der Waals surface area contributed by atoms with Crippen LogP contribution in [0, 0.1) is 5.92 Å². The highest BCUT2D eigenvalue weighted by Crippen LogP contribution is 2.32. The number of rotatable bonds is 5. The van der Waals surface area contributed by atoms with E-state index in [0.717, 1.165) is 17.8 Å². The van der Waals surface area contributed by atoms with Crippen LogP contribution in [0.3, 0.4) is 0 Å². The fraction of sp³-hybridized carbons (Fsp3) is 0.333. The first-order valence-electron chi connectivity index (χ1n) is 8.67. The number of nitrogens with one attached hydrogen (secondary N) is 4. The zero-order valence-corrected chi connectivity index (χ0v) is 14.2. The van der Waals surface area contributed by atoms with Crippen molar-refractivity contribution in [1.82, 2.24) is 31.8 Å². The number of aromatic nitrogens is 1. The number of carboxylic acids is 1. The molecule has 3 heterocycles. The number of hydrogen-bond acceptors (Lipinski definition) is 7. The maximum absolute atomic E-state index is 11.7. The zero-order chi connectivity index (χ0) is 17.9. The maximum atomic E-state index is 11.7. The second-order valence-corrected chi connectivity index (χ2v) is 6.71. The Balaban J connectivity index is 1.44. The normalized spacial score (nSPS) is 24.2. The van der Waals surface area contributed by atoms with E-state index in [1.54, 1.807) is 6.20 Å². The van der Waals surface area contributed by atoms with Crippen molar-refractivity contribution in [3.63, 3.8) is 0 Å². The van der Waals surface area contributed by atoms with Crippen molar-refractivity contribution in [1.29, 1.82) is 0 Å². The van der Waals surface area contributed by atoms with Gasteiger partial charge >= 0.3 is 5.97 Å². The predicted octanol–water partition coefficient (Wildman–Crippen LogP) is 0.497. The van der Waals surface area contributed by atoms with Gasteiger partial charge in [0.1, 0.15) is 6.17 Å². The number of carboxylic acid groups (broad SMARTS) is 1. The summed E-state index contributed by atoms with van der Waals surface area (Å²) in [4.78, 5) is 18.3. The van der Waals surface area contributed by atoms with Crippen LogP contribution in [-0.4, -0.2) is 34.0 Å². The van der Waals surface area contributed by atoms with E-state index in [-0.39, 0.29) is 12.1 Å². The third-order valence-electron chi connectivity index (χ3n) is 5.00. The number of likely N-dealkylation sites (tertiary alicyclic amines) is 1. The summed E-state index contributed by atoms with van der Waals surface area (Å²) in [5.74, 6) is -1.25. The van der Waals surface area contributed by atoms with E-state index >= 15 is 0 Å². The van der Waals surface area contributed by atoms with Crippen LogP contribution >= 0.6 is 0 Å². The molecule has 0 radical (unpaired) electrons. The predicted molar refractivity (Wildman–Crippen MR) is 95.1 cm³/mol. The van der Waals surface area contributed by atoms with Gasteiger partial charge in [0.2, 0.25) is 0 Å². The first kappa shape index (κ1) is 17.1. The van der Waals surface area contributed by atoms with Gasteiger partial charge in [-0.1, -0.05) is 30.3 Å². The SMILES string of the molecule is O=C(O)[C@@H]1CN(Cc2ccc(C3NNNN3)cc2)C[C@H]1c1ccccn1. The molecule has 0 bridgehead atoms. The molecule has 8 nitrogen and oxygen atoms in total. The molecule has 2 aliphatic rings. The lowest BCUT2D eigenvalue weighted by Crippen LogP contribution is -2.33. The highest BCUT2D eigenvalue weighted by atomic mass is 16.4. The fourth-order valence-corrected chi connectivity index (χ4v) is 3.65. The smallest absolute Gasteiger partial charge is 0.308 e. The zero-order valence-electron chi connectivity index (χ0n) is 14.2. The van der Waals surface area contributed by atoms with Crippen LogP contribution in [0.1, 0.15) is 28.9 Å². The minimum atomic E-state index is -0.753. The van der Waals surface area contributed by atoms with Crippen LogP contribution in [0.4, 0.5) is 0 Å². The van der Waals surface area contributed by atoms with Gasteiger partial charge in [-0.2, -0.15) is 11.1 Å². The second kappa shape index (κ2) is 7.48. The van der Waals surface area contributed by atoms with Crippen LogP contribution in [0.5, 0.6) is 0 Å². The molecule has 2 fully saturated rings. The van der Waals surface area contributed by atoms with Crippen molar-refractivity contribution < 1.29 is 9.90 Å². The van der Waals surface area contributed by atoms with E-state index in [9.17, 15) is 9.90 Å². The largest absolute Gasteiger partial charge is 0.481 e. The van der Waals surface area contributed by atoms with Crippen LogP contribution in [0.2, 0.25) is 0 Å². The van der Waals surface area contributed by atoms with Crippen molar-refractivity contribution >= 4 is 5.97 Å². The van der Waals surface area contributed by atoms with Gasteiger partial charge in [0.05, 0.1) is 5.92 Å². The van der Waals surface area contributed by atoms with E-state index in [1.807, 2.05) is 18.2 Å². The monoisotopic (exact) mass is 354 g/mol. The Labute approximate surface area is 151 Å². The molecule has 2 saturated heterocycles. The molecule has 5 N–H and O–H groups in total. The number of nitrogens with zero attached hydrogens (tertiary/aromatic N) is 2. The standard InChI is InChI=1S/C18H22N6O2/c25-18(26)15-11-24(10-14(15)16-3-1-2-8-19-16)9-12-4-6-13(7-5-12)17-20-22-23-21-17/h1-8,14-15,17,20-23H,9-11H2,(H,25,26)/t14-,15-/m1/s1. The molecule has 1 aromatic carbocycles. The molecule has 2 aromatic rings. The second-order valence-electron chi connectivity index (χ2n) is 6.71. The third kappa shape index (κ3) is 3.59. The Morgan fingerprint density at radius 3 is 2.54 bits per heavy atom. The van der Waals surface area contributed by atoms with Gasteiger partial charge in [0.15, 0.2) is 0 Å². The fourth-order valence-electron chi connectivity index (χ4n) is 3.65. The lowest BCUT2D eigenvalue weighted by Gasteiger charge is -2.16. The summed E-state index contributed by atoms with van der Waals surface area (Å²) in [5, 5.41) is 9.61. The van der Waals surface area contributed by atoms with Crippen LogP contribution in [-0.2, 0) is 11.3 Å². The molecule has 0 saturated carbocycles. The molecule has 0 aliphatic carbocycles. The van der Waals surface area contributed by atoms with Gasteiger partial charge in [0, 0.05) is 37.4 Å². The maximum Gasteiger partial charge on any atom is 0.308 e. The van der Waals surface area contributed by atoms with Gasteiger partial charge in [-0.15, -0.1) is 0 Å². The average molecular weight is 354 g/mol. The molecule has 0 amide bonds. The molecule has 4 rings (SSSR count). The van der Waals surface area contributed by atoms with E-state index in [2.05, 4.69) is 56.1 Å². The van der Waals surface area contributed by atoms with Crippen molar-refractivity contribution in [2.45, 2.75) is 18.6 Å². The summed E-state index contributed by atoms with van der Waals surface area (Å²) in [5.41, 5.74) is 14.8. The van der Waals surface area contributed by atoms with Crippen LogP contribution in [0.25, 0.3) is 0 Å². The summed E-state index contributed by atoms with van der Waals surface area (Å²) in [7, 11) is 0. The minimum Gasteiger partial charge on any atom is -0.481 e. The molecular formula is C18H22N6O2. The summed E-state index contributed by atoms with van der Waals surface area (Å²) < 4.78 is 0. The molecule has 0 spiro atoms. The van der Waals surface area contributed by atoms with Gasteiger partial charge < -0.3 is 5.11 Å². The minimum absolute atomic E-state index is 0.0146. The summed E-state index contributed by atoms with van der Waals surface area (Å²) in [6.45, 7) is 1.97. The Morgan fingerprint density at radius 1 is 1.12 bits per heavy atom. The Kier molecular flexibility index (Phi) is 4.91. The van der Waals surface area contributed by atoms with Crippen molar-refractivity contribution in [2.75, 3.05) is 13.1 Å². The number of carbonyl (C=O) groups is 1.